The van der Waals surface area contributed by atoms with Crippen molar-refractivity contribution in [1.29, 1.82) is 0 Å². The van der Waals surface area contributed by atoms with E-state index in [1.807, 2.05) is 13.8 Å². The zero-order chi connectivity index (χ0) is 19.2. The third-order valence-electron chi connectivity index (χ3n) is 3.38. The number of rotatable bonds is 17. The average molecular weight is 385 g/mol. The van der Waals surface area contributed by atoms with Gasteiger partial charge in [0.2, 0.25) is 0 Å². The van der Waals surface area contributed by atoms with Gasteiger partial charge in [-0.15, -0.1) is 0 Å². The van der Waals surface area contributed by atoms with Gasteiger partial charge in [0.1, 0.15) is 0 Å². The van der Waals surface area contributed by atoms with Gasteiger partial charge in [0.25, 0.3) is 0 Å². The van der Waals surface area contributed by atoms with Gasteiger partial charge in [0.15, 0.2) is 0 Å². The van der Waals surface area contributed by atoms with Crippen molar-refractivity contribution >= 4 is 10.4 Å². The van der Waals surface area contributed by atoms with Gasteiger partial charge < -0.3 is 4.74 Å². The van der Waals surface area contributed by atoms with Crippen molar-refractivity contribution in [3.05, 3.63) is 0 Å². The molecule has 0 atom stereocenters. The van der Waals surface area contributed by atoms with Crippen LogP contribution in [0.15, 0.2) is 0 Å². The van der Waals surface area contributed by atoms with E-state index in [1.165, 1.54) is 44.9 Å². The molecule has 25 heavy (non-hydrogen) atoms. The Balaban J connectivity index is 0. The molecule has 0 saturated carbocycles. The molecule has 0 spiro atoms. The molecule has 0 fully saturated rings. The van der Waals surface area contributed by atoms with Crippen LogP contribution in [-0.4, -0.2) is 34.8 Å². The minimum atomic E-state index is -3.98. The van der Waals surface area contributed by atoms with E-state index in [1.54, 1.807) is 6.92 Å². The first-order chi connectivity index (χ1) is 12.0. The Morgan fingerprint density at radius 1 is 0.640 bits per heavy atom. The lowest BCUT2D eigenvalue weighted by atomic mass is 10.1. The summed E-state index contributed by atoms with van der Waals surface area (Å²) in [5.41, 5.74) is 0. The second kappa shape index (κ2) is 21.8. The van der Waals surface area contributed by atoms with Crippen LogP contribution in [0.3, 0.4) is 0 Å². The monoisotopic (exact) mass is 384 g/mol. The van der Waals surface area contributed by atoms with Gasteiger partial charge >= 0.3 is 10.4 Å². The van der Waals surface area contributed by atoms with Gasteiger partial charge in [-0.3, -0.25) is 0 Å². The molecule has 0 aromatic rings. The van der Waals surface area contributed by atoms with E-state index >= 15 is 0 Å². The molecule has 0 rings (SSSR count). The predicted molar refractivity (Wildman–Crippen MR) is 102 cm³/mol. The fourth-order valence-electron chi connectivity index (χ4n) is 2.08. The second-order valence-corrected chi connectivity index (χ2v) is 6.86. The highest BCUT2D eigenvalue weighted by Crippen LogP contribution is 2.10. The highest BCUT2D eigenvalue weighted by molar-refractivity contribution is 7.81. The first-order valence-corrected chi connectivity index (χ1v) is 11.1. The summed E-state index contributed by atoms with van der Waals surface area (Å²) in [6, 6.07) is 0. The summed E-state index contributed by atoms with van der Waals surface area (Å²) < 4.78 is 35.7. The Kier molecular flexibility index (Phi) is 23.6. The van der Waals surface area contributed by atoms with Gasteiger partial charge in [-0.1, -0.05) is 69.0 Å². The highest BCUT2D eigenvalue weighted by Gasteiger charge is 2.12. The maximum atomic E-state index is 11.1. The predicted octanol–water partition coefficient (Wildman–Crippen LogP) is 5.18. The molecule has 154 valence electrons. The first kappa shape index (κ1) is 27.0. The molecule has 0 saturated heterocycles. The van der Waals surface area contributed by atoms with Crippen molar-refractivity contribution in [3.8, 4) is 0 Å². The molecular formula is C18H40O6S. The largest absolute Gasteiger partial charge is 0.426 e. The average Bonchev–Trinajstić information content (AvgIpc) is 2.59. The maximum absolute atomic E-state index is 11.1. The molecule has 0 N–H and O–H groups in total. The van der Waals surface area contributed by atoms with E-state index in [-0.39, 0.29) is 13.2 Å². The highest BCUT2D eigenvalue weighted by atomic mass is 32.3. The Hall–Kier alpha value is -0.210. The summed E-state index contributed by atoms with van der Waals surface area (Å²) in [7, 11) is -3.98. The molecule has 0 aromatic carbocycles. The van der Waals surface area contributed by atoms with Crippen molar-refractivity contribution in [2.24, 2.45) is 0 Å². The zero-order valence-electron chi connectivity index (χ0n) is 16.8. The molecule has 7 heteroatoms. The summed E-state index contributed by atoms with van der Waals surface area (Å²) in [6.07, 6.45) is 12.0. The molecule has 0 unspecified atom stereocenters. The number of hydrogen-bond donors (Lipinski definition) is 0. The summed E-state index contributed by atoms with van der Waals surface area (Å²) in [5.74, 6) is 0. The Bertz CT molecular complexity index is 330. The minimum absolute atomic E-state index is 0.159. The lowest BCUT2D eigenvalue weighted by molar-refractivity contribution is -0.205. The summed E-state index contributed by atoms with van der Waals surface area (Å²) in [5, 5.41) is 0. The van der Waals surface area contributed by atoms with Gasteiger partial charge in [-0.05, 0) is 27.2 Å². The van der Waals surface area contributed by atoms with Crippen LogP contribution >= 0.6 is 0 Å². The third-order valence-corrected chi connectivity index (χ3v) is 4.10. The zero-order valence-corrected chi connectivity index (χ0v) is 17.6. The molecule has 0 aliphatic carbocycles. The number of hydrogen-bond acceptors (Lipinski definition) is 6. The van der Waals surface area contributed by atoms with Crippen LogP contribution in [-0.2, 0) is 28.5 Å². The van der Waals surface area contributed by atoms with Crippen LogP contribution in [0.4, 0.5) is 0 Å². The summed E-state index contributed by atoms with van der Waals surface area (Å²) >= 11 is 0. The lowest BCUT2D eigenvalue weighted by Gasteiger charge is -2.04. The smallest absolute Gasteiger partial charge is 0.382 e. The van der Waals surface area contributed by atoms with E-state index in [9.17, 15) is 8.42 Å². The summed E-state index contributed by atoms with van der Waals surface area (Å²) in [6.45, 7) is 9.85. The van der Waals surface area contributed by atoms with Crippen LogP contribution in [0, 0.1) is 0 Å². The lowest BCUT2D eigenvalue weighted by Crippen LogP contribution is -2.11. The fourth-order valence-corrected chi connectivity index (χ4v) is 2.66. The van der Waals surface area contributed by atoms with Crippen LogP contribution in [0.1, 0.15) is 91.9 Å². The number of unbranched alkanes of at least 4 members (excludes halogenated alkanes) is 9. The Morgan fingerprint density at radius 3 is 1.52 bits per heavy atom. The topological polar surface area (TPSA) is 71.1 Å². The SMILES string of the molecule is CCCCCCCCCCCCOS(=O)(=O)OOCC.CCOCC. The van der Waals surface area contributed by atoms with Gasteiger partial charge in [0.05, 0.1) is 13.2 Å². The third kappa shape index (κ3) is 26.1. The fraction of sp³-hybridized carbons (Fsp3) is 1.00. The molecule has 6 nitrogen and oxygen atoms in total. The van der Waals surface area contributed by atoms with Crippen LogP contribution < -0.4 is 0 Å². The Morgan fingerprint density at radius 2 is 1.12 bits per heavy atom. The van der Waals surface area contributed by atoms with Gasteiger partial charge in [-0.25, -0.2) is 9.07 Å². The molecule has 0 heterocycles. The molecule has 0 amide bonds. The molecule has 0 aliphatic heterocycles. The van der Waals surface area contributed by atoms with Crippen molar-refractivity contribution in [3.63, 3.8) is 0 Å². The maximum Gasteiger partial charge on any atom is 0.426 e. The molecule has 0 aliphatic rings. The van der Waals surface area contributed by atoms with E-state index < -0.39 is 10.4 Å². The van der Waals surface area contributed by atoms with Crippen molar-refractivity contribution in [2.75, 3.05) is 26.4 Å². The molecule has 0 aromatic heterocycles. The normalized spacial score (nSPS) is 11.2. The van der Waals surface area contributed by atoms with Crippen molar-refractivity contribution < 1.29 is 26.6 Å². The van der Waals surface area contributed by atoms with Gasteiger partial charge in [-0.2, -0.15) is 8.42 Å². The molecule has 0 radical (unpaired) electrons. The van der Waals surface area contributed by atoms with Crippen LogP contribution in [0.25, 0.3) is 0 Å². The molecule has 0 bridgehead atoms. The van der Waals surface area contributed by atoms with E-state index in [0.29, 0.717) is 0 Å². The standard InChI is InChI=1S/C14H30O5S.C4H10O/c1-3-5-6-7-8-9-10-11-12-13-14-18-20(15,16)19-17-4-2;1-3-5-4-2/h3-14H2,1-2H3;3-4H2,1-2H3. The van der Waals surface area contributed by atoms with Crippen molar-refractivity contribution in [1.82, 2.24) is 0 Å². The van der Waals surface area contributed by atoms with Gasteiger partial charge in [0, 0.05) is 13.2 Å². The molecular weight excluding hydrogens is 344 g/mol. The minimum Gasteiger partial charge on any atom is -0.382 e. The number of ether oxygens (including phenoxy) is 1. The van der Waals surface area contributed by atoms with E-state index in [0.717, 1.165) is 32.5 Å². The Labute approximate surface area is 155 Å². The van der Waals surface area contributed by atoms with Crippen LogP contribution in [0.2, 0.25) is 0 Å². The quantitative estimate of drug-likeness (QED) is 0.195. The second-order valence-electron chi connectivity index (χ2n) is 5.67. The first-order valence-electron chi connectivity index (χ1n) is 9.82. The van der Waals surface area contributed by atoms with Crippen LogP contribution in [0.5, 0.6) is 0 Å². The van der Waals surface area contributed by atoms with E-state index in [2.05, 4.69) is 20.3 Å². The van der Waals surface area contributed by atoms with Crippen molar-refractivity contribution in [2.45, 2.75) is 91.9 Å². The van der Waals surface area contributed by atoms with E-state index in [4.69, 9.17) is 4.74 Å². The summed E-state index contributed by atoms with van der Waals surface area (Å²) in [4.78, 5) is 4.34.